The van der Waals surface area contributed by atoms with Crippen molar-refractivity contribution in [3.05, 3.63) is 39.7 Å². The van der Waals surface area contributed by atoms with Gasteiger partial charge in [0.25, 0.3) is 11.6 Å². The van der Waals surface area contributed by atoms with Gasteiger partial charge in [-0.2, -0.15) is 0 Å². The minimum Gasteiger partial charge on any atom is -0.348 e. The summed E-state index contributed by atoms with van der Waals surface area (Å²) in [7, 11) is 0. The van der Waals surface area contributed by atoms with Crippen molar-refractivity contribution in [3.8, 4) is 0 Å². The van der Waals surface area contributed by atoms with Crippen LogP contribution in [0.2, 0.25) is 0 Å². The monoisotopic (exact) mass is 267 g/mol. The number of amides is 1. The van der Waals surface area contributed by atoms with Crippen LogP contribution in [0.25, 0.3) is 0 Å². The summed E-state index contributed by atoms with van der Waals surface area (Å²) in [6.45, 7) is 1.52. The number of nitrogens with one attached hydrogen (secondary N) is 2. The molecule has 0 unspecified atom stereocenters. The molecule has 1 aliphatic rings. The van der Waals surface area contributed by atoms with Gasteiger partial charge in [0.05, 0.1) is 4.92 Å². The molecule has 1 atom stereocenters. The molecule has 1 fully saturated rings. The lowest BCUT2D eigenvalue weighted by atomic mass is 10.1. The average Bonchev–Trinajstić information content (AvgIpc) is 2.39. The Hall–Kier alpha value is -2.02. The normalized spacial score (nSPS) is 18.9. The molecule has 1 aromatic carbocycles. The standard InChI is InChI=1S/C12H14FN3O3/c13-8-3-4-11(16(18)19)10(6-8)12(17)15-9-2-1-5-14-7-9/h3-4,6,9,14H,1-2,5,7H2,(H,15,17)/t9-/m1/s1. The summed E-state index contributed by atoms with van der Waals surface area (Å²) >= 11 is 0. The molecule has 1 aromatic rings. The minimum atomic E-state index is -0.687. The molecule has 0 aromatic heterocycles. The summed E-state index contributed by atoms with van der Waals surface area (Å²) < 4.78 is 13.1. The zero-order chi connectivity index (χ0) is 13.8. The summed E-state index contributed by atoms with van der Waals surface area (Å²) in [6.07, 6.45) is 1.73. The van der Waals surface area contributed by atoms with Crippen molar-refractivity contribution >= 4 is 11.6 Å². The molecule has 2 N–H and O–H groups in total. The van der Waals surface area contributed by atoms with E-state index in [1.807, 2.05) is 0 Å². The molecule has 0 aliphatic carbocycles. The third-order valence-corrected chi connectivity index (χ3v) is 3.03. The molecule has 1 amide bonds. The molecule has 1 saturated heterocycles. The first-order valence-corrected chi connectivity index (χ1v) is 6.03. The maximum atomic E-state index is 13.1. The highest BCUT2D eigenvalue weighted by Crippen LogP contribution is 2.19. The van der Waals surface area contributed by atoms with Crippen molar-refractivity contribution in [1.82, 2.24) is 10.6 Å². The Morgan fingerprint density at radius 2 is 2.32 bits per heavy atom. The van der Waals surface area contributed by atoms with Crippen LogP contribution in [0.3, 0.4) is 0 Å². The zero-order valence-electron chi connectivity index (χ0n) is 10.2. The maximum absolute atomic E-state index is 13.1. The Labute approximate surface area is 109 Å². The first-order chi connectivity index (χ1) is 9.08. The molecular formula is C12H14FN3O3. The Morgan fingerprint density at radius 3 is 2.95 bits per heavy atom. The van der Waals surface area contributed by atoms with Gasteiger partial charge < -0.3 is 10.6 Å². The molecule has 19 heavy (non-hydrogen) atoms. The summed E-state index contributed by atoms with van der Waals surface area (Å²) in [5, 5.41) is 16.6. The number of hydrogen-bond acceptors (Lipinski definition) is 4. The molecule has 2 rings (SSSR count). The van der Waals surface area contributed by atoms with E-state index in [-0.39, 0.29) is 17.3 Å². The second-order valence-electron chi connectivity index (χ2n) is 4.44. The Balaban J connectivity index is 2.17. The highest BCUT2D eigenvalue weighted by molar-refractivity contribution is 5.98. The van der Waals surface area contributed by atoms with Gasteiger partial charge in [0.15, 0.2) is 0 Å². The lowest BCUT2D eigenvalue weighted by Gasteiger charge is -2.23. The summed E-state index contributed by atoms with van der Waals surface area (Å²) in [5.41, 5.74) is -0.627. The topological polar surface area (TPSA) is 84.3 Å². The highest BCUT2D eigenvalue weighted by atomic mass is 19.1. The predicted molar refractivity (Wildman–Crippen MR) is 66.4 cm³/mol. The van der Waals surface area contributed by atoms with E-state index < -0.39 is 16.6 Å². The highest BCUT2D eigenvalue weighted by Gasteiger charge is 2.23. The quantitative estimate of drug-likeness (QED) is 0.637. The van der Waals surface area contributed by atoms with Gasteiger partial charge in [0.1, 0.15) is 11.4 Å². The van der Waals surface area contributed by atoms with Crippen molar-refractivity contribution in [2.24, 2.45) is 0 Å². The van der Waals surface area contributed by atoms with Crippen molar-refractivity contribution in [2.75, 3.05) is 13.1 Å². The molecule has 1 aliphatic heterocycles. The van der Waals surface area contributed by atoms with Crippen LogP contribution >= 0.6 is 0 Å². The van der Waals surface area contributed by atoms with E-state index in [4.69, 9.17) is 0 Å². The fourth-order valence-corrected chi connectivity index (χ4v) is 2.09. The number of halogens is 1. The number of nitrogens with zero attached hydrogens (tertiary/aromatic N) is 1. The number of nitro benzene ring substituents is 1. The van der Waals surface area contributed by atoms with E-state index in [0.717, 1.165) is 37.6 Å². The van der Waals surface area contributed by atoms with Gasteiger partial charge >= 0.3 is 0 Å². The number of nitro groups is 1. The van der Waals surface area contributed by atoms with E-state index >= 15 is 0 Å². The van der Waals surface area contributed by atoms with E-state index in [9.17, 15) is 19.3 Å². The lowest BCUT2D eigenvalue weighted by molar-refractivity contribution is -0.385. The predicted octanol–water partition coefficient (Wildman–Crippen LogP) is 1.22. The molecular weight excluding hydrogens is 253 g/mol. The van der Waals surface area contributed by atoms with Gasteiger partial charge in [-0.25, -0.2) is 4.39 Å². The van der Waals surface area contributed by atoms with Gasteiger partial charge in [-0.1, -0.05) is 0 Å². The van der Waals surface area contributed by atoms with Crippen LogP contribution in [0, 0.1) is 15.9 Å². The minimum absolute atomic E-state index is 0.0795. The average molecular weight is 267 g/mol. The van der Waals surface area contributed by atoms with Gasteiger partial charge in [-0.05, 0) is 31.5 Å². The van der Waals surface area contributed by atoms with Crippen molar-refractivity contribution < 1.29 is 14.1 Å². The molecule has 7 heteroatoms. The number of piperidine rings is 1. The van der Waals surface area contributed by atoms with Gasteiger partial charge in [-0.3, -0.25) is 14.9 Å². The zero-order valence-corrected chi connectivity index (χ0v) is 10.2. The second-order valence-corrected chi connectivity index (χ2v) is 4.44. The first kappa shape index (κ1) is 13.4. The third kappa shape index (κ3) is 3.25. The van der Waals surface area contributed by atoms with Crippen molar-refractivity contribution in [2.45, 2.75) is 18.9 Å². The molecule has 0 bridgehead atoms. The summed E-state index contributed by atoms with van der Waals surface area (Å²) in [5.74, 6) is -1.28. The molecule has 102 valence electrons. The van der Waals surface area contributed by atoms with Crippen LogP contribution in [0.4, 0.5) is 10.1 Å². The van der Waals surface area contributed by atoms with Crippen LogP contribution in [0.5, 0.6) is 0 Å². The van der Waals surface area contributed by atoms with Gasteiger partial charge in [-0.15, -0.1) is 0 Å². The Bertz CT molecular complexity index is 501. The molecule has 0 spiro atoms. The van der Waals surface area contributed by atoms with Crippen molar-refractivity contribution in [3.63, 3.8) is 0 Å². The van der Waals surface area contributed by atoms with E-state index in [2.05, 4.69) is 10.6 Å². The Morgan fingerprint density at radius 1 is 1.53 bits per heavy atom. The number of rotatable bonds is 3. The number of carbonyl (C=O) groups is 1. The van der Waals surface area contributed by atoms with Crippen molar-refractivity contribution in [1.29, 1.82) is 0 Å². The maximum Gasteiger partial charge on any atom is 0.282 e. The Kier molecular flexibility index (Phi) is 4.06. The van der Waals surface area contributed by atoms with Crippen LogP contribution in [0.1, 0.15) is 23.2 Å². The van der Waals surface area contributed by atoms with E-state index in [1.54, 1.807) is 0 Å². The second kappa shape index (κ2) is 5.75. The van der Waals surface area contributed by atoms with Crippen LogP contribution < -0.4 is 10.6 Å². The first-order valence-electron chi connectivity index (χ1n) is 6.03. The number of hydrogen-bond donors (Lipinski definition) is 2. The van der Waals surface area contributed by atoms with E-state index in [1.165, 1.54) is 0 Å². The van der Waals surface area contributed by atoms with E-state index in [0.29, 0.717) is 6.54 Å². The lowest BCUT2D eigenvalue weighted by Crippen LogP contribution is -2.45. The number of carbonyl (C=O) groups excluding carboxylic acids is 1. The third-order valence-electron chi connectivity index (χ3n) is 3.03. The molecule has 0 saturated carbocycles. The molecule has 0 radical (unpaired) electrons. The number of benzene rings is 1. The van der Waals surface area contributed by atoms with Crippen LogP contribution in [0.15, 0.2) is 18.2 Å². The van der Waals surface area contributed by atoms with Gasteiger partial charge in [0, 0.05) is 18.7 Å². The smallest absolute Gasteiger partial charge is 0.282 e. The van der Waals surface area contributed by atoms with Crippen LogP contribution in [-0.2, 0) is 0 Å². The fraction of sp³-hybridized carbons (Fsp3) is 0.417. The summed E-state index contributed by atoms with van der Waals surface area (Å²) in [4.78, 5) is 22.1. The fourth-order valence-electron chi connectivity index (χ4n) is 2.09. The molecule has 6 nitrogen and oxygen atoms in total. The SMILES string of the molecule is O=C(N[C@@H]1CCCNC1)c1cc(F)ccc1[N+](=O)[O-]. The summed E-state index contributed by atoms with van der Waals surface area (Å²) in [6, 6.07) is 2.79. The van der Waals surface area contributed by atoms with Crippen LogP contribution in [-0.4, -0.2) is 30.0 Å². The largest absolute Gasteiger partial charge is 0.348 e. The molecule has 1 heterocycles. The van der Waals surface area contributed by atoms with Gasteiger partial charge in [0.2, 0.25) is 0 Å².